The quantitative estimate of drug-likeness (QED) is 0.846. The first-order valence-corrected chi connectivity index (χ1v) is 7.36. The fourth-order valence-corrected chi connectivity index (χ4v) is 2.53. The van der Waals surface area contributed by atoms with Gasteiger partial charge in [-0.15, -0.1) is 0 Å². The first-order valence-electron chi connectivity index (χ1n) is 7.36. The summed E-state index contributed by atoms with van der Waals surface area (Å²) in [5.74, 6) is 0.0136. The number of anilines is 1. The lowest BCUT2D eigenvalue weighted by atomic mass is 9.82. The van der Waals surface area contributed by atoms with Crippen molar-refractivity contribution in [3.8, 4) is 0 Å². The molecule has 1 heterocycles. The van der Waals surface area contributed by atoms with Gasteiger partial charge < -0.3 is 10.4 Å². The van der Waals surface area contributed by atoms with Gasteiger partial charge in [-0.1, -0.05) is 32.0 Å². The zero-order chi connectivity index (χ0) is 15.5. The molecule has 0 unspecified atom stereocenters. The van der Waals surface area contributed by atoms with Gasteiger partial charge in [-0.3, -0.25) is 4.79 Å². The van der Waals surface area contributed by atoms with Gasteiger partial charge in [0.15, 0.2) is 0 Å². The van der Waals surface area contributed by atoms with E-state index in [0.717, 1.165) is 22.3 Å². The summed E-state index contributed by atoms with van der Waals surface area (Å²) in [7, 11) is 0. The summed E-state index contributed by atoms with van der Waals surface area (Å²) in [6, 6.07) is 10.0. The third-order valence-corrected chi connectivity index (χ3v) is 4.32. The molecule has 0 aliphatic rings. The Morgan fingerprint density at radius 3 is 2.57 bits per heavy atom. The highest BCUT2D eigenvalue weighted by Crippen LogP contribution is 2.28. The van der Waals surface area contributed by atoms with Crippen molar-refractivity contribution in [2.75, 3.05) is 11.9 Å². The number of carboxylic acid groups (broad SMARTS) is 1. The predicted octanol–water partition coefficient (Wildman–Crippen LogP) is 3.85. The van der Waals surface area contributed by atoms with Crippen LogP contribution in [0.25, 0.3) is 10.9 Å². The molecule has 0 aliphatic carbocycles. The van der Waals surface area contributed by atoms with Crippen LogP contribution in [-0.2, 0) is 4.79 Å². The summed E-state index contributed by atoms with van der Waals surface area (Å²) in [6.07, 6.45) is 1.19. The van der Waals surface area contributed by atoms with Crippen LogP contribution in [-0.4, -0.2) is 22.6 Å². The smallest absolute Gasteiger partial charge is 0.311 e. The van der Waals surface area contributed by atoms with Crippen molar-refractivity contribution in [2.24, 2.45) is 5.41 Å². The molecule has 0 spiro atoms. The number of nitrogens with zero attached hydrogens (tertiary/aromatic N) is 1. The fourth-order valence-electron chi connectivity index (χ4n) is 2.53. The number of aromatic nitrogens is 1. The summed E-state index contributed by atoms with van der Waals surface area (Å²) in [4.78, 5) is 16.1. The number of nitrogens with one attached hydrogen (secondary N) is 1. The monoisotopic (exact) mass is 286 g/mol. The van der Waals surface area contributed by atoms with Gasteiger partial charge in [0.05, 0.1) is 10.9 Å². The Morgan fingerprint density at radius 1 is 1.29 bits per heavy atom. The van der Waals surface area contributed by atoms with E-state index in [9.17, 15) is 9.90 Å². The summed E-state index contributed by atoms with van der Waals surface area (Å²) in [5.41, 5.74) is 1.21. The molecule has 0 saturated carbocycles. The number of carbonyl (C=O) groups is 1. The summed E-state index contributed by atoms with van der Waals surface area (Å²) in [6.45, 7) is 6.21. The molecule has 21 heavy (non-hydrogen) atoms. The molecule has 0 aliphatic heterocycles. The van der Waals surface area contributed by atoms with Gasteiger partial charge >= 0.3 is 5.97 Å². The molecule has 4 nitrogen and oxygen atoms in total. The number of carboxylic acids is 1. The third kappa shape index (κ3) is 2.99. The van der Waals surface area contributed by atoms with Crippen molar-refractivity contribution in [1.29, 1.82) is 0 Å². The second-order valence-corrected chi connectivity index (χ2v) is 5.49. The van der Waals surface area contributed by atoms with Crippen LogP contribution in [0.15, 0.2) is 30.3 Å². The molecule has 112 valence electrons. The van der Waals surface area contributed by atoms with Crippen molar-refractivity contribution < 1.29 is 9.90 Å². The van der Waals surface area contributed by atoms with Crippen molar-refractivity contribution in [3.63, 3.8) is 0 Å². The SMILES string of the molecule is CCC(CC)(CNc1nc2ccccc2cc1C)C(=O)O. The molecule has 0 radical (unpaired) electrons. The van der Waals surface area contributed by atoms with Crippen molar-refractivity contribution in [2.45, 2.75) is 33.6 Å². The molecule has 2 N–H and O–H groups in total. The van der Waals surface area contributed by atoms with E-state index in [1.807, 2.05) is 45.0 Å². The van der Waals surface area contributed by atoms with Crippen LogP contribution in [0.3, 0.4) is 0 Å². The molecule has 0 atom stereocenters. The van der Waals surface area contributed by atoms with Crippen LogP contribution < -0.4 is 5.32 Å². The zero-order valence-corrected chi connectivity index (χ0v) is 12.8. The van der Waals surface area contributed by atoms with Crippen molar-refractivity contribution in [1.82, 2.24) is 4.98 Å². The Morgan fingerprint density at radius 2 is 1.95 bits per heavy atom. The lowest BCUT2D eigenvalue weighted by Gasteiger charge is -2.27. The number of benzene rings is 1. The summed E-state index contributed by atoms with van der Waals surface area (Å²) in [5, 5.41) is 13.8. The number of hydrogen-bond acceptors (Lipinski definition) is 3. The maximum absolute atomic E-state index is 11.5. The van der Waals surface area contributed by atoms with Crippen LogP contribution in [0.5, 0.6) is 0 Å². The Bertz CT molecular complexity index is 648. The number of pyridine rings is 1. The highest BCUT2D eigenvalue weighted by molar-refractivity contribution is 5.81. The predicted molar refractivity (Wildman–Crippen MR) is 85.6 cm³/mol. The molecule has 0 amide bonds. The molecule has 1 aromatic carbocycles. The molecule has 2 aromatic rings. The standard InChI is InChI=1S/C17H22N2O2/c1-4-17(5-2,16(20)21)11-18-15-12(3)10-13-8-6-7-9-14(13)19-15/h6-10H,4-5,11H2,1-3H3,(H,18,19)(H,20,21). The normalized spacial score (nSPS) is 11.6. The minimum atomic E-state index is -0.751. The lowest BCUT2D eigenvalue weighted by Crippen LogP contribution is -2.37. The number of hydrogen-bond donors (Lipinski definition) is 2. The lowest BCUT2D eigenvalue weighted by molar-refractivity contribution is -0.148. The average Bonchev–Trinajstić information content (AvgIpc) is 2.48. The highest BCUT2D eigenvalue weighted by Gasteiger charge is 2.34. The maximum Gasteiger partial charge on any atom is 0.311 e. The Balaban J connectivity index is 2.27. The second kappa shape index (κ2) is 6.12. The van der Waals surface area contributed by atoms with Gasteiger partial charge in [-0.2, -0.15) is 0 Å². The van der Waals surface area contributed by atoms with Crippen LogP contribution in [0.1, 0.15) is 32.3 Å². The van der Waals surface area contributed by atoms with E-state index in [1.165, 1.54) is 0 Å². The van der Waals surface area contributed by atoms with Gasteiger partial charge in [0.1, 0.15) is 5.82 Å². The van der Waals surface area contributed by atoms with Crippen molar-refractivity contribution >= 4 is 22.7 Å². The molecular weight excluding hydrogens is 264 g/mol. The largest absolute Gasteiger partial charge is 0.481 e. The Labute approximate surface area is 125 Å². The number of aryl methyl sites for hydroxylation is 1. The molecule has 4 heteroatoms. The van der Waals surface area contributed by atoms with Gasteiger partial charge in [0.2, 0.25) is 0 Å². The van der Waals surface area contributed by atoms with Crippen LogP contribution in [0.2, 0.25) is 0 Å². The van der Waals surface area contributed by atoms with E-state index < -0.39 is 11.4 Å². The van der Waals surface area contributed by atoms with Crippen molar-refractivity contribution in [3.05, 3.63) is 35.9 Å². The van der Waals surface area contributed by atoms with Crippen LogP contribution in [0, 0.1) is 12.3 Å². The average molecular weight is 286 g/mol. The third-order valence-electron chi connectivity index (χ3n) is 4.32. The van der Waals surface area contributed by atoms with Gasteiger partial charge in [0, 0.05) is 11.9 Å². The number of rotatable bonds is 6. The summed E-state index contributed by atoms with van der Waals surface area (Å²) >= 11 is 0. The first-order chi connectivity index (χ1) is 10.0. The van der Waals surface area contributed by atoms with E-state index in [2.05, 4.69) is 16.4 Å². The molecule has 0 saturated heterocycles. The maximum atomic E-state index is 11.5. The van der Waals surface area contributed by atoms with Crippen LogP contribution in [0.4, 0.5) is 5.82 Å². The number of aliphatic carboxylic acids is 1. The second-order valence-electron chi connectivity index (χ2n) is 5.49. The van der Waals surface area contributed by atoms with Gasteiger partial charge in [-0.05, 0) is 37.5 Å². The summed E-state index contributed by atoms with van der Waals surface area (Å²) < 4.78 is 0. The van der Waals surface area contributed by atoms with E-state index in [-0.39, 0.29) is 0 Å². The Hall–Kier alpha value is -2.10. The first kappa shape index (κ1) is 15.3. The number of fused-ring (bicyclic) bond motifs is 1. The van der Waals surface area contributed by atoms with E-state index >= 15 is 0 Å². The minimum Gasteiger partial charge on any atom is -0.481 e. The Kier molecular flexibility index (Phi) is 4.46. The topological polar surface area (TPSA) is 62.2 Å². The molecular formula is C17H22N2O2. The fraction of sp³-hybridized carbons (Fsp3) is 0.412. The van der Waals surface area contributed by atoms with E-state index in [4.69, 9.17) is 0 Å². The van der Waals surface area contributed by atoms with Gasteiger partial charge in [0.25, 0.3) is 0 Å². The molecule has 0 fully saturated rings. The molecule has 2 rings (SSSR count). The molecule has 0 bridgehead atoms. The zero-order valence-electron chi connectivity index (χ0n) is 12.8. The minimum absolute atomic E-state index is 0.390. The van der Waals surface area contributed by atoms with Gasteiger partial charge in [-0.25, -0.2) is 4.98 Å². The number of para-hydroxylation sites is 1. The highest BCUT2D eigenvalue weighted by atomic mass is 16.4. The van der Waals surface area contributed by atoms with E-state index in [0.29, 0.717) is 19.4 Å². The van der Waals surface area contributed by atoms with E-state index in [1.54, 1.807) is 0 Å². The molecule has 1 aromatic heterocycles. The van der Waals surface area contributed by atoms with Crippen LogP contribution >= 0.6 is 0 Å².